The van der Waals surface area contributed by atoms with Gasteiger partial charge in [-0.3, -0.25) is 0 Å². The third-order valence-corrected chi connectivity index (χ3v) is 3.05. The van der Waals surface area contributed by atoms with E-state index in [-0.39, 0.29) is 10.7 Å². The number of sulfone groups is 1. The van der Waals surface area contributed by atoms with Gasteiger partial charge < -0.3 is 5.73 Å². The van der Waals surface area contributed by atoms with Crippen molar-refractivity contribution < 1.29 is 8.42 Å². The minimum atomic E-state index is -3.34. The molecule has 72 valence electrons. The van der Waals surface area contributed by atoms with Crippen molar-refractivity contribution in [3.8, 4) is 0 Å². The Morgan fingerprint density at radius 3 is 2.54 bits per heavy atom. The van der Waals surface area contributed by atoms with Gasteiger partial charge in [-0.15, -0.1) is 0 Å². The van der Waals surface area contributed by atoms with Gasteiger partial charge in [0.2, 0.25) is 0 Å². The Kier molecular flexibility index (Phi) is 2.49. The second-order valence-corrected chi connectivity index (χ2v) is 5.10. The third-order valence-electron chi connectivity index (χ3n) is 1.54. The van der Waals surface area contributed by atoms with Gasteiger partial charge in [0.15, 0.2) is 9.84 Å². The Morgan fingerprint density at radius 1 is 1.54 bits per heavy atom. The highest BCUT2D eigenvalue weighted by atomic mass is 35.5. The Balaban J connectivity index is 3.50. The molecule has 1 aromatic rings. The van der Waals surface area contributed by atoms with E-state index >= 15 is 0 Å². The van der Waals surface area contributed by atoms with Crippen LogP contribution >= 0.6 is 11.6 Å². The first kappa shape index (κ1) is 10.3. The molecule has 0 atom stereocenters. The van der Waals surface area contributed by atoms with Crippen LogP contribution in [0.5, 0.6) is 0 Å². The summed E-state index contributed by atoms with van der Waals surface area (Å²) < 4.78 is 22.3. The first-order valence-electron chi connectivity index (χ1n) is 3.45. The second-order valence-electron chi connectivity index (χ2n) is 2.71. The highest BCUT2D eigenvalue weighted by Crippen LogP contribution is 2.22. The molecule has 1 aromatic heterocycles. The van der Waals surface area contributed by atoms with E-state index in [2.05, 4.69) is 4.98 Å². The van der Waals surface area contributed by atoms with Crippen LogP contribution in [-0.4, -0.2) is 19.7 Å². The largest absolute Gasteiger partial charge is 0.383 e. The smallest absolute Gasteiger partial charge is 0.179 e. The fourth-order valence-electron chi connectivity index (χ4n) is 0.880. The van der Waals surface area contributed by atoms with Crippen molar-refractivity contribution in [2.45, 2.75) is 11.8 Å². The van der Waals surface area contributed by atoms with E-state index in [9.17, 15) is 8.42 Å². The van der Waals surface area contributed by atoms with Gasteiger partial charge in [-0.1, -0.05) is 11.6 Å². The lowest BCUT2D eigenvalue weighted by molar-refractivity contribution is 0.602. The van der Waals surface area contributed by atoms with Gasteiger partial charge >= 0.3 is 0 Å². The van der Waals surface area contributed by atoms with Crippen molar-refractivity contribution in [2.24, 2.45) is 0 Å². The summed E-state index contributed by atoms with van der Waals surface area (Å²) in [5.41, 5.74) is 5.95. The summed E-state index contributed by atoms with van der Waals surface area (Å²) in [5, 5.41) is 0.301. The van der Waals surface area contributed by atoms with Gasteiger partial charge in [-0.05, 0) is 13.0 Å². The summed E-state index contributed by atoms with van der Waals surface area (Å²) in [6, 6.07) is 1.31. The first-order valence-corrected chi connectivity index (χ1v) is 5.72. The Labute approximate surface area is 81.6 Å². The maximum Gasteiger partial charge on any atom is 0.179 e. The molecule has 0 aromatic carbocycles. The Morgan fingerprint density at radius 2 is 2.08 bits per heavy atom. The predicted octanol–water partition coefficient (Wildman–Crippen LogP) is 1.03. The molecule has 0 spiro atoms. The Bertz CT molecular complexity index is 442. The predicted molar refractivity (Wildman–Crippen MR) is 51.5 cm³/mol. The van der Waals surface area contributed by atoms with Gasteiger partial charge in [0.25, 0.3) is 0 Å². The number of rotatable bonds is 1. The van der Waals surface area contributed by atoms with Crippen molar-refractivity contribution >= 4 is 27.3 Å². The minimum absolute atomic E-state index is 0.00981. The highest BCUT2D eigenvalue weighted by molar-refractivity contribution is 7.90. The number of hydrogen-bond donors (Lipinski definition) is 1. The SMILES string of the molecule is Cc1nc(N)c(S(C)(=O)=O)cc1Cl. The molecule has 0 amide bonds. The molecule has 1 rings (SSSR count). The monoisotopic (exact) mass is 220 g/mol. The van der Waals surface area contributed by atoms with Crippen LogP contribution in [0.15, 0.2) is 11.0 Å². The van der Waals surface area contributed by atoms with E-state index in [0.717, 1.165) is 6.26 Å². The molecule has 0 saturated carbocycles. The number of nitrogen functional groups attached to an aromatic ring is 1. The van der Waals surface area contributed by atoms with Crippen LogP contribution < -0.4 is 5.73 Å². The Hall–Kier alpha value is -0.810. The fraction of sp³-hybridized carbons (Fsp3) is 0.286. The third kappa shape index (κ3) is 2.10. The quantitative estimate of drug-likeness (QED) is 0.767. The molecule has 0 aliphatic heterocycles. The van der Waals surface area contributed by atoms with E-state index in [4.69, 9.17) is 17.3 Å². The summed E-state index contributed by atoms with van der Waals surface area (Å²) in [5.74, 6) is -0.00981. The molecule has 0 bridgehead atoms. The number of aromatic nitrogens is 1. The average Bonchev–Trinajstić information content (AvgIpc) is 1.94. The number of halogens is 1. The zero-order valence-corrected chi connectivity index (χ0v) is 8.78. The molecule has 0 saturated heterocycles. The van der Waals surface area contributed by atoms with E-state index in [1.807, 2.05) is 0 Å². The van der Waals surface area contributed by atoms with Gasteiger partial charge in [0, 0.05) is 6.26 Å². The summed E-state index contributed by atoms with van der Waals surface area (Å²) >= 11 is 5.71. The van der Waals surface area contributed by atoms with E-state index in [0.29, 0.717) is 10.7 Å². The molecule has 0 fully saturated rings. The molecule has 4 nitrogen and oxygen atoms in total. The number of nitrogens with zero attached hydrogens (tertiary/aromatic N) is 1. The van der Waals surface area contributed by atoms with E-state index in [1.165, 1.54) is 6.07 Å². The molecule has 6 heteroatoms. The lowest BCUT2D eigenvalue weighted by atomic mass is 10.4. The number of aryl methyl sites for hydroxylation is 1. The van der Waals surface area contributed by atoms with Crippen molar-refractivity contribution in [3.05, 3.63) is 16.8 Å². The molecule has 1 heterocycles. The topological polar surface area (TPSA) is 73.0 Å². The molecule has 0 aliphatic rings. The molecule has 0 aliphatic carbocycles. The zero-order valence-electron chi connectivity index (χ0n) is 7.20. The molecular weight excluding hydrogens is 212 g/mol. The maximum atomic E-state index is 11.1. The zero-order chi connectivity index (χ0) is 10.2. The maximum absolute atomic E-state index is 11.1. The number of nitrogens with two attached hydrogens (primary N) is 1. The number of anilines is 1. The van der Waals surface area contributed by atoms with Gasteiger partial charge in [0.1, 0.15) is 10.7 Å². The van der Waals surface area contributed by atoms with Crippen LogP contribution in [0.1, 0.15) is 5.69 Å². The standard InChI is InChI=1S/C7H9ClN2O2S/c1-4-5(8)3-6(7(9)10-4)13(2,11)12/h3H,1-2H3,(H2,9,10). The summed E-state index contributed by atoms with van der Waals surface area (Å²) in [6.07, 6.45) is 1.06. The van der Waals surface area contributed by atoms with Gasteiger partial charge in [-0.2, -0.15) is 0 Å². The summed E-state index contributed by atoms with van der Waals surface area (Å²) in [6.45, 7) is 1.66. The highest BCUT2D eigenvalue weighted by Gasteiger charge is 2.14. The minimum Gasteiger partial charge on any atom is -0.383 e. The summed E-state index contributed by atoms with van der Waals surface area (Å²) in [4.78, 5) is 3.78. The van der Waals surface area contributed by atoms with Gasteiger partial charge in [0.05, 0.1) is 10.7 Å². The van der Waals surface area contributed by atoms with Crippen LogP contribution in [0.4, 0.5) is 5.82 Å². The molecule has 13 heavy (non-hydrogen) atoms. The summed E-state index contributed by atoms with van der Waals surface area (Å²) in [7, 11) is -3.34. The van der Waals surface area contributed by atoms with Crippen LogP contribution in [0.2, 0.25) is 5.02 Å². The molecular formula is C7H9ClN2O2S. The first-order chi connectivity index (χ1) is 5.82. The van der Waals surface area contributed by atoms with Crippen molar-refractivity contribution in [1.82, 2.24) is 4.98 Å². The lowest BCUT2D eigenvalue weighted by Crippen LogP contribution is -2.05. The number of pyridine rings is 1. The van der Waals surface area contributed by atoms with E-state index < -0.39 is 9.84 Å². The van der Waals surface area contributed by atoms with Gasteiger partial charge in [-0.25, -0.2) is 13.4 Å². The van der Waals surface area contributed by atoms with Crippen molar-refractivity contribution in [3.63, 3.8) is 0 Å². The second kappa shape index (κ2) is 3.16. The van der Waals surface area contributed by atoms with Crippen molar-refractivity contribution in [1.29, 1.82) is 0 Å². The normalized spacial score (nSPS) is 11.6. The molecule has 0 radical (unpaired) electrons. The van der Waals surface area contributed by atoms with Crippen molar-refractivity contribution in [2.75, 3.05) is 12.0 Å². The number of hydrogen-bond acceptors (Lipinski definition) is 4. The molecule has 2 N–H and O–H groups in total. The lowest BCUT2D eigenvalue weighted by Gasteiger charge is -2.04. The van der Waals surface area contributed by atoms with Crippen LogP contribution in [0, 0.1) is 6.92 Å². The van der Waals surface area contributed by atoms with Crippen LogP contribution in [0.3, 0.4) is 0 Å². The van der Waals surface area contributed by atoms with Crippen LogP contribution in [0.25, 0.3) is 0 Å². The molecule has 0 unspecified atom stereocenters. The fourth-order valence-corrected chi connectivity index (χ4v) is 1.85. The average molecular weight is 221 g/mol. The van der Waals surface area contributed by atoms with Crippen LogP contribution in [-0.2, 0) is 9.84 Å². The van der Waals surface area contributed by atoms with E-state index in [1.54, 1.807) is 6.92 Å².